The fourth-order valence-electron chi connectivity index (χ4n) is 3.24. The van der Waals surface area contributed by atoms with Crippen LogP contribution < -0.4 is 10.5 Å². The summed E-state index contributed by atoms with van der Waals surface area (Å²) in [5.41, 5.74) is 0.389. The number of nitrogens with zero attached hydrogens (tertiary/aromatic N) is 1. The number of nitrogens with two attached hydrogens (primary N) is 1. The molecule has 0 saturated carbocycles. The molecule has 2 aromatic carbocycles. The standard InChI is InChI=1S/C19H22ClN3O6S2/c1-12-10-23(11-13(2)29-12)31(27,28)18-9-14(3-8-17(18)20)19(24)22-15-4-6-16(7-5-15)30(21,25)26/h3-9,12-13H,10-11H2,1-2H3,(H,22,24)(H2,21,25,26). The predicted molar refractivity (Wildman–Crippen MR) is 116 cm³/mol. The number of benzene rings is 2. The Morgan fingerprint density at radius 2 is 1.65 bits per heavy atom. The minimum atomic E-state index is -3.95. The molecule has 1 aliphatic rings. The van der Waals surface area contributed by atoms with E-state index in [0.717, 1.165) is 0 Å². The van der Waals surface area contributed by atoms with Gasteiger partial charge < -0.3 is 10.1 Å². The molecule has 1 amide bonds. The molecule has 1 saturated heterocycles. The van der Waals surface area contributed by atoms with Crippen molar-refractivity contribution in [2.24, 2.45) is 5.14 Å². The molecule has 2 unspecified atom stereocenters. The van der Waals surface area contributed by atoms with Gasteiger partial charge in [0, 0.05) is 24.3 Å². The van der Waals surface area contributed by atoms with Gasteiger partial charge in [0.25, 0.3) is 5.91 Å². The second kappa shape index (κ2) is 8.85. The summed E-state index contributed by atoms with van der Waals surface area (Å²) in [7, 11) is -7.80. The molecule has 0 aromatic heterocycles. The molecule has 0 radical (unpaired) electrons. The largest absolute Gasteiger partial charge is 0.373 e. The smallest absolute Gasteiger partial charge is 0.255 e. The monoisotopic (exact) mass is 487 g/mol. The van der Waals surface area contributed by atoms with Gasteiger partial charge in [0.15, 0.2) is 0 Å². The van der Waals surface area contributed by atoms with Crippen molar-refractivity contribution in [3.8, 4) is 0 Å². The van der Waals surface area contributed by atoms with Gasteiger partial charge in [-0.2, -0.15) is 4.31 Å². The van der Waals surface area contributed by atoms with Crippen LogP contribution >= 0.6 is 11.6 Å². The van der Waals surface area contributed by atoms with E-state index in [9.17, 15) is 21.6 Å². The van der Waals surface area contributed by atoms with Crippen LogP contribution in [0.25, 0.3) is 0 Å². The van der Waals surface area contributed by atoms with Crippen LogP contribution in [0.3, 0.4) is 0 Å². The molecule has 9 nitrogen and oxygen atoms in total. The Balaban J connectivity index is 1.85. The third kappa shape index (κ3) is 5.43. The maximum absolute atomic E-state index is 13.1. The minimum absolute atomic E-state index is 0.000790. The van der Waals surface area contributed by atoms with Gasteiger partial charge in [-0.3, -0.25) is 4.79 Å². The summed E-state index contributed by atoms with van der Waals surface area (Å²) in [4.78, 5) is 12.4. The average molecular weight is 488 g/mol. The number of carbonyl (C=O) groups is 1. The number of anilines is 1. The van der Waals surface area contributed by atoms with Crippen molar-refractivity contribution in [1.82, 2.24) is 4.31 Å². The zero-order chi connectivity index (χ0) is 23.0. The number of nitrogens with one attached hydrogen (secondary N) is 1. The lowest BCUT2D eigenvalue weighted by atomic mass is 10.2. The van der Waals surface area contributed by atoms with Gasteiger partial charge >= 0.3 is 0 Å². The number of hydrogen-bond donors (Lipinski definition) is 2. The first-order valence-electron chi connectivity index (χ1n) is 9.27. The van der Waals surface area contributed by atoms with Crippen molar-refractivity contribution >= 4 is 43.2 Å². The van der Waals surface area contributed by atoms with Gasteiger partial charge in [-0.25, -0.2) is 22.0 Å². The lowest BCUT2D eigenvalue weighted by Crippen LogP contribution is -2.48. The summed E-state index contributed by atoms with van der Waals surface area (Å²) in [5.74, 6) is -0.583. The third-order valence-corrected chi connectivity index (χ3v) is 7.88. The van der Waals surface area contributed by atoms with Crippen LogP contribution in [-0.4, -0.2) is 52.3 Å². The van der Waals surface area contributed by atoms with E-state index in [4.69, 9.17) is 21.5 Å². The van der Waals surface area contributed by atoms with Crippen LogP contribution in [0, 0.1) is 0 Å². The maximum atomic E-state index is 13.1. The van der Waals surface area contributed by atoms with E-state index < -0.39 is 26.0 Å². The van der Waals surface area contributed by atoms with Crippen LogP contribution in [0.4, 0.5) is 5.69 Å². The number of amides is 1. The first-order valence-corrected chi connectivity index (χ1v) is 12.6. The number of carbonyl (C=O) groups excluding carboxylic acids is 1. The van der Waals surface area contributed by atoms with Crippen molar-refractivity contribution in [1.29, 1.82) is 0 Å². The topological polar surface area (TPSA) is 136 Å². The summed E-state index contributed by atoms with van der Waals surface area (Å²) < 4.78 is 55.8. The molecule has 2 atom stereocenters. The Morgan fingerprint density at radius 3 is 2.19 bits per heavy atom. The van der Waals surface area contributed by atoms with Crippen molar-refractivity contribution < 1.29 is 26.4 Å². The molecule has 1 heterocycles. The van der Waals surface area contributed by atoms with Crippen LogP contribution in [0.5, 0.6) is 0 Å². The number of primary sulfonamides is 1. The molecular weight excluding hydrogens is 466 g/mol. The van der Waals surface area contributed by atoms with Gasteiger partial charge in [-0.15, -0.1) is 0 Å². The lowest BCUT2D eigenvalue weighted by molar-refractivity contribution is -0.0440. The Morgan fingerprint density at radius 1 is 1.06 bits per heavy atom. The maximum Gasteiger partial charge on any atom is 0.255 e. The second-order valence-electron chi connectivity index (χ2n) is 7.25. The molecule has 3 N–H and O–H groups in total. The molecule has 2 aromatic rings. The molecule has 0 spiro atoms. The van der Waals surface area contributed by atoms with Gasteiger partial charge in [0.05, 0.1) is 22.1 Å². The average Bonchev–Trinajstić information content (AvgIpc) is 2.67. The van der Waals surface area contributed by atoms with Crippen LogP contribution in [0.2, 0.25) is 5.02 Å². The van der Waals surface area contributed by atoms with Crippen LogP contribution in [0.1, 0.15) is 24.2 Å². The number of morpholine rings is 1. The highest BCUT2D eigenvalue weighted by atomic mass is 35.5. The molecular formula is C19H22ClN3O6S2. The highest BCUT2D eigenvalue weighted by molar-refractivity contribution is 7.89. The highest BCUT2D eigenvalue weighted by Crippen LogP contribution is 2.28. The Bertz CT molecular complexity index is 1190. The number of ether oxygens (including phenoxy) is 1. The van der Waals surface area contributed by atoms with Crippen LogP contribution in [-0.2, 0) is 24.8 Å². The van der Waals surface area contributed by atoms with Crippen LogP contribution in [0.15, 0.2) is 52.3 Å². The van der Waals surface area contributed by atoms with E-state index in [1.807, 2.05) is 0 Å². The van der Waals surface area contributed by atoms with E-state index in [1.54, 1.807) is 13.8 Å². The minimum Gasteiger partial charge on any atom is -0.373 e. The van der Waals surface area contributed by atoms with Gasteiger partial charge in [0.2, 0.25) is 20.0 Å². The normalized spacial score (nSPS) is 20.4. The quantitative estimate of drug-likeness (QED) is 0.662. The van der Waals surface area contributed by atoms with E-state index in [2.05, 4.69) is 5.32 Å². The summed E-state index contributed by atoms with van der Waals surface area (Å²) in [6.07, 6.45) is -0.548. The van der Waals surface area contributed by atoms with E-state index in [1.165, 1.54) is 46.8 Å². The lowest BCUT2D eigenvalue weighted by Gasteiger charge is -2.34. The van der Waals surface area contributed by atoms with E-state index >= 15 is 0 Å². The van der Waals surface area contributed by atoms with E-state index in [-0.39, 0.29) is 45.7 Å². The molecule has 12 heteroatoms. The summed E-state index contributed by atoms with van der Waals surface area (Å²) >= 11 is 6.16. The van der Waals surface area contributed by atoms with Gasteiger partial charge in [-0.05, 0) is 56.3 Å². The predicted octanol–water partition coefficient (Wildman–Crippen LogP) is 2.04. The molecule has 168 valence electrons. The SMILES string of the molecule is CC1CN(S(=O)(=O)c2cc(C(=O)Nc3ccc(S(N)(=O)=O)cc3)ccc2Cl)CC(C)O1. The fourth-order valence-corrected chi connectivity index (χ4v) is 5.85. The van der Waals surface area contributed by atoms with Gasteiger partial charge in [-0.1, -0.05) is 11.6 Å². The number of hydrogen-bond acceptors (Lipinski definition) is 6. The third-order valence-electron chi connectivity index (χ3n) is 4.64. The summed E-state index contributed by atoms with van der Waals surface area (Å²) in [6, 6.07) is 9.23. The number of sulfonamides is 2. The molecule has 0 bridgehead atoms. The molecule has 1 fully saturated rings. The number of halogens is 1. The first-order chi connectivity index (χ1) is 14.4. The second-order valence-corrected chi connectivity index (χ2v) is 11.1. The Kier molecular flexibility index (Phi) is 6.75. The first kappa shape index (κ1) is 23.6. The Hall–Kier alpha value is -2.02. The zero-order valence-electron chi connectivity index (χ0n) is 16.8. The highest BCUT2D eigenvalue weighted by Gasteiger charge is 2.33. The van der Waals surface area contributed by atoms with Crippen molar-refractivity contribution in [2.45, 2.75) is 35.8 Å². The summed E-state index contributed by atoms with van der Waals surface area (Å²) in [5, 5.41) is 7.64. The van der Waals surface area contributed by atoms with Crippen molar-refractivity contribution in [3.63, 3.8) is 0 Å². The summed E-state index contributed by atoms with van der Waals surface area (Å²) in [6.45, 7) is 3.92. The van der Waals surface area contributed by atoms with Gasteiger partial charge in [0.1, 0.15) is 4.90 Å². The van der Waals surface area contributed by atoms with E-state index in [0.29, 0.717) is 5.69 Å². The van der Waals surface area contributed by atoms with Crippen molar-refractivity contribution in [3.05, 3.63) is 53.1 Å². The van der Waals surface area contributed by atoms with Crippen molar-refractivity contribution in [2.75, 3.05) is 18.4 Å². The fraction of sp³-hybridized carbons (Fsp3) is 0.316. The molecule has 0 aliphatic carbocycles. The molecule has 1 aliphatic heterocycles. The number of rotatable bonds is 5. The molecule has 3 rings (SSSR count). The zero-order valence-corrected chi connectivity index (χ0v) is 19.2. The molecule has 31 heavy (non-hydrogen) atoms. The Labute approximate surface area is 186 Å².